The largest absolute Gasteiger partial charge is 0.469 e. The van der Waals surface area contributed by atoms with Gasteiger partial charge in [0.1, 0.15) is 5.56 Å². The van der Waals surface area contributed by atoms with Crippen molar-refractivity contribution in [1.29, 1.82) is 0 Å². The Hall–Kier alpha value is -4.73. The van der Waals surface area contributed by atoms with E-state index >= 15 is 0 Å². The van der Waals surface area contributed by atoms with Crippen LogP contribution in [0.25, 0.3) is 0 Å². The number of nitrogens with zero attached hydrogens (tertiary/aromatic N) is 2. The molecule has 1 aromatic heterocycles. The second-order valence-electron chi connectivity index (χ2n) is 11.8. The van der Waals surface area contributed by atoms with Crippen molar-refractivity contribution in [2.45, 2.75) is 55.9 Å². The maximum atomic E-state index is 14.1. The number of carbonyl (C=O) groups excluding carboxylic acids is 4. The third kappa shape index (κ3) is 6.55. The number of hydrogen-bond donors (Lipinski definition) is 2. The molecule has 10 heteroatoms. The molecule has 0 saturated carbocycles. The average Bonchev–Trinajstić information content (AvgIpc) is 3.07. The van der Waals surface area contributed by atoms with Crippen molar-refractivity contribution in [1.82, 2.24) is 20.1 Å². The first-order chi connectivity index (χ1) is 21.8. The van der Waals surface area contributed by atoms with Crippen LogP contribution in [0.15, 0.2) is 77.7 Å². The summed E-state index contributed by atoms with van der Waals surface area (Å²) in [6.07, 6.45) is 4.40. The van der Waals surface area contributed by atoms with E-state index in [1.54, 1.807) is 19.3 Å². The van der Waals surface area contributed by atoms with Gasteiger partial charge in [-0.3, -0.25) is 24.0 Å². The molecule has 1 aliphatic heterocycles. The number of aryl methyl sites for hydroxylation is 1. The number of methoxy groups -OCH3 is 1. The summed E-state index contributed by atoms with van der Waals surface area (Å²) in [4.78, 5) is 66.7. The summed E-state index contributed by atoms with van der Waals surface area (Å²) < 4.78 is 6.10. The molecule has 0 bridgehead atoms. The van der Waals surface area contributed by atoms with E-state index in [-0.39, 0.29) is 41.4 Å². The number of nitrogens with one attached hydrogen (secondary N) is 2. The highest BCUT2D eigenvalue weighted by Crippen LogP contribution is 2.48. The third-order valence-corrected chi connectivity index (χ3v) is 9.14. The number of rotatable bonds is 9. The average molecular weight is 613 g/mol. The summed E-state index contributed by atoms with van der Waals surface area (Å²) in [7, 11) is 2.95. The quantitative estimate of drug-likeness (QED) is 0.283. The zero-order valence-electron chi connectivity index (χ0n) is 25.8. The van der Waals surface area contributed by atoms with Crippen LogP contribution in [0, 0.1) is 0 Å². The summed E-state index contributed by atoms with van der Waals surface area (Å²) in [5.74, 6) is -1.25. The van der Waals surface area contributed by atoms with Crippen LogP contribution < -0.4 is 16.2 Å². The van der Waals surface area contributed by atoms with Gasteiger partial charge in [-0.05, 0) is 60.9 Å². The Morgan fingerprint density at radius 1 is 0.933 bits per heavy atom. The first kappa shape index (κ1) is 31.7. The fourth-order valence-corrected chi connectivity index (χ4v) is 6.67. The van der Waals surface area contributed by atoms with E-state index in [1.807, 2.05) is 59.5 Å². The molecular weight excluding hydrogens is 572 g/mol. The Morgan fingerprint density at radius 3 is 2.38 bits per heavy atom. The minimum Gasteiger partial charge on any atom is -0.469 e. The SMILES string of the molecule is COC(=O)CCCNC(=O)[C@@]1(c2ccccc2)CC[C@H](C(=O)N2CCC(NC(=O)c3cccn(C)c3=O)CC2)c2ccccc21. The minimum absolute atomic E-state index is 0.0179. The third-order valence-electron chi connectivity index (χ3n) is 9.14. The van der Waals surface area contributed by atoms with Gasteiger partial charge in [-0.2, -0.15) is 0 Å². The second-order valence-corrected chi connectivity index (χ2v) is 11.8. The number of piperidine rings is 1. The number of pyridine rings is 1. The van der Waals surface area contributed by atoms with E-state index in [9.17, 15) is 24.0 Å². The summed E-state index contributed by atoms with van der Waals surface area (Å²) in [6.45, 7) is 1.30. The molecule has 2 aromatic carbocycles. The number of esters is 1. The van der Waals surface area contributed by atoms with Gasteiger partial charge in [0.05, 0.1) is 18.4 Å². The minimum atomic E-state index is -0.980. The molecule has 1 fully saturated rings. The lowest BCUT2D eigenvalue weighted by molar-refractivity contribution is -0.140. The van der Waals surface area contributed by atoms with E-state index < -0.39 is 17.2 Å². The van der Waals surface area contributed by atoms with Gasteiger partial charge < -0.3 is 24.8 Å². The molecule has 3 aromatic rings. The summed E-state index contributed by atoms with van der Waals surface area (Å²) >= 11 is 0. The summed E-state index contributed by atoms with van der Waals surface area (Å²) in [5.41, 5.74) is 1.30. The highest BCUT2D eigenvalue weighted by molar-refractivity contribution is 5.95. The van der Waals surface area contributed by atoms with Gasteiger partial charge in [0.2, 0.25) is 11.8 Å². The van der Waals surface area contributed by atoms with Crippen LogP contribution in [0.1, 0.15) is 71.5 Å². The Labute approximate surface area is 262 Å². The van der Waals surface area contributed by atoms with Gasteiger partial charge in [0.15, 0.2) is 0 Å². The Kier molecular flexibility index (Phi) is 9.80. The van der Waals surface area contributed by atoms with Gasteiger partial charge in [0, 0.05) is 45.3 Å². The second kappa shape index (κ2) is 13.9. The lowest BCUT2D eigenvalue weighted by Crippen LogP contribution is -2.51. The molecule has 2 heterocycles. The molecule has 0 spiro atoms. The molecule has 10 nitrogen and oxygen atoms in total. The van der Waals surface area contributed by atoms with E-state index in [4.69, 9.17) is 4.74 Å². The van der Waals surface area contributed by atoms with Crippen molar-refractivity contribution >= 4 is 23.7 Å². The standard InChI is InChI=1S/C35H40N4O6/c1-38-21-9-13-28(32(38)42)31(41)37-25-17-22-39(23-18-25)33(43)27-16-19-35(24-10-4-3-5-11-24,29-14-7-6-12-26(27)29)34(44)36-20-8-15-30(40)45-2/h3-7,9-14,21,25,27H,8,15-20,22-23H2,1-2H3,(H,36,44)(H,37,41)/t27-,35+/m0/s1. The number of amides is 3. The maximum Gasteiger partial charge on any atom is 0.305 e. The van der Waals surface area contributed by atoms with Crippen LogP contribution in [0.3, 0.4) is 0 Å². The zero-order valence-corrected chi connectivity index (χ0v) is 25.8. The van der Waals surface area contributed by atoms with Crippen LogP contribution in [0.5, 0.6) is 0 Å². The van der Waals surface area contributed by atoms with Gasteiger partial charge in [-0.25, -0.2) is 0 Å². The lowest BCUT2D eigenvalue weighted by Gasteiger charge is -2.42. The first-order valence-corrected chi connectivity index (χ1v) is 15.5. The summed E-state index contributed by atoms with van der Waals surface area (Å²) in [6, 6.07) is 20.4. The first-order valence-electron chi connectivity index (χ1n) is 15.5. The number of fused-ring (bicyclic) bond motifs is 1. The number of ether oxygens (including phenoxy) is 1. The van der Waals surface area contributed by atoms with E-state index in [1.165, 1.54) is 17.7 Å². The Bertz CT molecular complexity index is 1610. The van der Waals surface area contributed by atoms with Crippen LogP contribution in [-0.4, -0.2) is 65.9 Å². The Balaban J connectivity index is 1.31. The van der Waals surface area contributed by atoms with E-state index in [2.05, 4.69) is 10.6 Å². The van der Waals surface area contributed by atoms with Gasteiger partial charge >= 0.3 is 5.97 Å². The molecule has 2 atom stereocenters. The lowest BCUT2D eigenvalue weighted by atomic mass is 9.62. The molecule has 236 valence electrons. The fraction of sp³-hybridized carbons (Fsp3) is 0.400. The molecule has 5 rings (SSSR count). The van der Waals surface area contributed by atoms with Crippen LogP contribution in [0.4, 0.5) is 0 Å². The predicted molar refractivity (Wildman–Crippen MR) is 169 cm³/mol. The topological polar surface area (TPSA) is 127 Å². The number of likely N-dealkylation sites (tertiary alicyclic amines) is 1. The number of benzene rings is 2. The molecule has 3 amide bonds. The maximum absolute atomic E-state index is 14.1. The number of carbonyl (C=O) groups is 4. The van der Waals surface area contributed by atoms with Gasteiger partial charge in [-0.1, -0.05) is 54.6 Å². The normalized spacial score (nSPS) is 19.7. The number of hydrogen-bond acceptors (Lipinski definition) is 6. The molecule has 2 aliphatic rings. The van der Waals surface area contributed by atoms with Crippen LogP contribution in [-0.2, 0) is 31.6 Å². The fourth-order valence-electron chi connectivity index (χ4n) is 6.67. The van der Waals surface area contributed by atoms with Gasteiger partial charge in [0.25, 0.3) is 11.5 Å². The molecule has 1 saturated heterocycles. The van der Waals surface area contributed by atoms with Crippen molar-refractivity contribution < 1.29 is 23.9 Å². The van der Waals surface area contributed by atoms with Crippen molar-refractivity contribution in [3.05, 3.63) is 106 Å². The van der Waals surface area contributed by atoms with Crippen molar-refractivity contribution in [2.24, 2.45) is 7.05 Å². The monoisotopic (exact) mass is 612 g/mol. The van der Waals surface area contributed by atoms with Crippen LogP contribution >= 0.6 is 0 Å². The highest BCUT2D eigenvalue weighted by atomic mass is 16.5. The molecule has 0 radical (unpaired) electrons. The van der Waals surface area contributed by atoms with E-state index in [0.717, 1.165) is 16.7 Å². The predicted octanol–water partition coefficient (Wildman–Crippen LogP) is 3.04. The zero-order chi connectivity index (χ0) is 32.0. The molecule has 0 unspecified atom stereocenters. The van der Waals surface area contributed by atoms with Crippen LogP contribution in [0.2, 0.25) is 0 Å². The molecule has 45 heavy (non-hydrogen) atoms. The van der Waals surface area contributed by atoms with Crippen molar-refractivity contribution in [3.8, 4) is 0 Å². The van der Waals surface area contributed by atoms with E-state index in [0.29, 0.717) is 51.7 Å². The smallest absolute Gasteiger partial charge is 0.305 e. The molecular formula is C35H40N4O6. The van der Waals surface area contributed by atoms with Gasteiger partial charge in [-0.15, -0.1) is 0 Å². The Morgan fingerprint density at radius 2 is 1.64 bits per heavy atom. The molecule has 2 N–H and O–H groups in total. The van der Waals surface area contributed by atoms with Crippen molar-refractivity contribution in [3.63, 3.8) is 0 Å². The number of aromatic nitrogens is 1. The molecule has 1 aliphatic carbocycles. The van der Waals surface area contributed by atoms with Crippen molar-refractivity contribution in [2.75, 3.05) is 26.7 Å². The summed E-state index contributed by atoms with van der Waals surface area (Å²) in [5, 5.41) is 6.03. The highest BCUT2D eigenvalue weighted by Gasteiger charge is 2.48.